The van der Waals surface area contributed by atoms with Crippen LogP contribution in [0.25, 0.3) is 0 Å². The molecule has 5 rings (SSSR count). The van der Waals surface area contributed by atoms with Gasteiger partial charge in [0.1, 0.15) is 0 Å². The lowest BCUT2D eigenvalue weighted by Gasteiger charge is -2.73. The highest BCUT2D eigenvalue weighted by molar-refractivity contribution is 5.64. The molecule has 0 aromatic carbocycles. The monoisotopic (exact) mass is 499 g/mol. The Hall–Kier alpha value is -1.03. The summed E-state index contributed by atoms with van der Waals surface area (Å²) < 4.78 is 0. The van der Waals surface area contributed by atoms with Crippen LogP contribution in [0, 0.1) is 56.7 Å². The molecule has 4 heteroatoms. The minimum Gasteiger partial charge on any atom is -0.465 e. The van der Waals surface area contributed by atoms with Gasteiger partial charge < -0.3 is 15.5 Å². The fourth-order valence-corrected chi connectivity index (χ4v) is 12.1. The number of hydrogen-bond acceptors (Lipinski definition) is 2. The lowest BCUT2D eigenvalue weighted by molar-refractivity contribution is -0.247. The van der Waals surface area contributed by atoms with Crippen molar-refractivity contribution in [2.24, 2.45) is 56.7 Å². The van der Waals surface area contributed by atoms with E-state index in [1.54, 1.807) is 0 Å². The molecule has 36 heavy (non-hydrogen) atoms. The Morgan fingerprint density at radius 1 is 0.889 bits per heavy atom. The lowest BCUT2D eigenvalue weighted by Crippen LogP contribution is -2.66. The molecule has 204 valence electrons. The van der Waals surface area contributed by atoms with Gasteiger partial charge in [-0.1, -0.05) is 46.8 Å². The molecule has 0 spiro atoms. The molecule has 1 amide bonds. The minimum atomic E-state index is -0.892. The topological polar surface area (TPSA) is 69.6 Å². The number of carboxylic acid groups (broad SMARTS) is 1. The van der Waals surface area contributed by atoms with Crippen LogP contribution in [0.3, 0.4) is 0 Å². The Kier molecular flexibility index (Phi) is 6.26. The van der Waals surface area contributed by atoms with Crippen LogP contribution >= 0.6 is 0 Å². The van der Waals surface area contributed by atoms with Gasteiger partial charge in [0.05, 0.1) is 6.10 Å². The molecule has 3 N–H and O–H groups in total. The smallest absolute Gasteiger partial charge is 0.404 e. The summed E-state index contributed by atoms with van der Waals surface area (Å²) >= 11 is 0. The third kappa shape index (κ3) is 3.44. The molecule has 5 saturated carbocycles. The molecule has 1 unspecified atom stereocenters. The highest BCUT2D eigenvalue weighted by Crippen LogP contribution is 2.77. The van der Waals surface area contributed by atoms with Crippen LogP contribution in [0.15, 0.2) is 12.2 Å². The molecule has 0 aliphatic heterocycles. The zero-order valence-corrected chi connectivity index (χ0v) is 24.0. The number of rotatable bonds is 4. The minimum absolute atomic E-state index is 0.00143. The molecule has 5 aliphatic carbocycles. The second kappa shape index (κ2) is 8.48. The highest BCUT2D eigenvalue weighted by Gasteiger charge is 2.70. The van der Waals surface area contributed by atoms with Gasteiger partial charge >= 0.3 is 6.09 Å². The summed E-state index contributed by atoms with van der Waals surface area (Å²) in [6.45, 7) is 19.9. The first-order chi connectivity index (χ1) is 16.7. The number of nitrogens with one attached hydrogen (secondary N) is 1. The van der Waals surface area contributed by atoms with E-state index < -0.39 is 6.09 Å². The van der Waals surface area contributed by atoms with Crippen LogP contribution < -0.4 is 5.32 Å². The first kappa shape index (κ1) is 26.6. The third-order valence-electron chi connectivity index (χ3n) is 14.1. The molecule has 0 radical (unpaired) electrons. The van der Waals surface area contributed by atoms with Gasteiger partial charge in [0.15, 0.2) is 0 Å². The maximum atomic E-state index is 11.3. The van der Waals surface area contributed by atoms with E-state index in [1.165, 1.54) is 63.4 Å². The van der Waals surface area contributed by atoms with E-state index in [0.29, 0.717) is 46.5 Å². The Morgan fingerprint density at radius 2 is 1.61 bits per heavy atom. The van der Waals surface area contributed by atoms with Crippen LogP contribution in [-0.4, -0.2) is 29.0 Å². The normalized spacial score (nSPS) is 51.3. The SMILES string of the molecule is C=C(C)[C@@H]1CC[C@]2(CCNC(=O)O)CC[C@]3(C)[C@H](CCC4[C@@]5(C)CC[C@H](O)C(C)(C)[C@@H]5CC[C@]43C)[C@@H]12. The van der Waals surface area contributed by atoms with E-state index in [2.05, 4.69) is 53.4 Å². The van der Waals surface area contributed by atoms with E-state index in [-0.39, 0.29) is 16.9 Å². The van der Waals surface area contributed by atoms with Gasteiger partial charge in [-0.25, -0.2) is 4.79 Å². The number of fused-ring (bicyclic) bond motifs is 7. The number of allylic oxidation sites excluding steroid dienone is 1. The van der Waals surface area contributed by atoms with Crippen molar-refractivity contribution in [3.8, 4) is 0 Å². The first-order valence-corrected chi connectivity index (χ1v) is 15.0. The molecule has 4 nitrogen and oxygen atoms in total. The molecule has 0 aromatic heterocycles. The molecular formula is C32H53NO3. The number of hydrogen-bond donors (Lipinski definition) is 3. The summed E-state index contributed by atoms with van der Waals surface area (Å²) in [6.07, 6.45) is 12.2. The maximum absolute atomic E-state index is 11.3. The number of aliphatic hydroxyl groups excluding tert-OH is 1. The fourth-order valence-electron chi connectivity index (χ4n) is 12.1. The Balaban J connectivity index is 1.50. The largest absolute Gasteiger partial charge is 0.465 e. The van der Waals surface area contributed by atoms with Crippen molar-refractivity contribution in [1.29, 1.82) is 0 Å². The standard InChI is InChI=1S/C32H53NO3/c1-20(2)21-10-15-32(18-19-33-27(35)36)17-16-30(6)22(26(21)32)8-9-24-29(5)13-12-25(34)28(3,4)23(29)11-14-31(24,30)7/h21-26,33-34H,1,8-19H2,2-7H3,(H,35,36)/t21-,22+,23-,24?,25-,26+,29-,30+,31+,32+/m0/s1. The second-order valence-corrected chi connectivity index (χ2v) is 15.4. The van der Waals surface area contributed by atoms with Crippen LogP contribution in [-0.2, 0) is 0 Å². The van der Waals surface area contributed by atoms with E-state index in [1.807, 2.05) is 0 Å². The van der Waals surface area contributed by atoms with Gasteiger partial charge in [-0.05, 0) is 134 Å². The molecule has 0 heterocycles. The average Bonchev–Trinajstić information content (AvgIpc) is 3.17. The predicted molar refractivity (Wildman–Crippen MR) is 146 cm³/mol. The van der Waals surface area contributed by atoms with Crippen molar-refractivity contribution in [3.05, 3.63) is 12.2 Å². The second-order valence-electron chi connectivity index (χ2n) is 15.4. The molecule has 0 saturated heterocycles. The molecule has 5 fully saturated rings. The van der Waals surface area contributed by atoms with Crippen molar-refractivity contribution in [3.63, 3.8) is 0 Å². The molecular weight excluding hydrogens is 446 g/mol. The zero-order valence-electron chi connectivity index (χ0n) is 24.0. The first-order valence-electron chi connectivity index (χ1n) is 15.0. The number of aliphatic hydroxyl groups is 1. The summed E-state index contributed by atoms with van der Waals surface area (Å²) in [4.78, 5) is 11.3. The van der Waals surface area contributed by atoms with Crippen LogP contribution in [0.5, 0.6) is 0 Å². The van der Waals surface area contributed by atoms with Gasteiger partial charge in [-0.2, -0.15) is 0 Å². The molecule has 0 bridgehead atoms. The van der Waals surface area contributed by atoms with E-state index in [0.717, 1.165) is 18.8 Å². The van der Waals surface area contributed by atoms with Gasteiger partial charge in [-0.3, -0.25) is 0 Å². The van der Waals surface area contributed by atoms with Crippen LogP contribution in [0.4, 0.5) is 4.79 Å². The third-order valence-corrected chi connectivity index (χ3v) is 14.1. The fraction of sp³-hybridized carbons (Fsp3) is 0.906. The van der Waals surface area contributed by atoms with E-state index in [4.69, 9.17) is 0 Å². The summed E-state index contributed by atoms with van der Waals surface area (Å²) in [5.74, 6) is 3.24. The predicted octanol–water partition coefficient (Wildman–Crippen LogP) is 7.66. The lowest BCUT2D eigenvalue weighted by atomic mass is 9.32. The molecule has 0 aromatic rings. The van der Waals surface area contributed by atoms with Crippen molar-refractivity contribution in [1.82, 2.24) is 5.32 Å². The van der Waals surface area contributed by atoms with Crippen molar-refractivity contribution in [2.45, 2.75) is 118 Å². The number of amides is 1. The summed E-state index contributed by atoms with van der Waals surface area (Å²) in [7, 11) is 0. The van der Waals surface area contributed by atoms with Crippen LogP contribution in [0.2, 0.25) is 0 Å². The van der Waals surface area contributed by atoms with Crippen LogP contribution in [0.1, 0.15) is 112 Å². The zero-order chi connectivity index (χ0) is 26.3. The van der Waals surface area contributed by atoms with Gasteiger partial charge in [-0.15, -0.1) is 0 Å². The summed E-state index contributed by atoms with van der Waals surface area (Å²) in [5, 5.41) is 22.9. The van der Waals surface area contributed by atoms with Gasteiger partial charge in [0.25, 0.3) is 0 Å². The van der Waals surface area contributed by atoms with E-state index in [9.17, 15) is 15.0 Å². The molecule has 5 aliphatic rings. The highest BCUT2D eigenvalue weighted by atomic mass is 16.4. The van der Waals surface area contributed by atoms with Crippen molar-refractivity contribution in [2.75, 3.05) is 6.54 Å². The van der Waals surface area contributed by atoms with Crippen molar-refractivity contribution >= 4 is 6.09 Å². The quantitative estimate of drug-likeness (QED) is 0.348. The Labute approximate surface area is 220 Å². The average molecular weight is 500 g/mol. The Morgan fingerprint density at radius 3 is 2.28 bits per heavy atom. The van der Waals surface area contributed by atoms with Crippen molar-refractivity contribution < 1.29 is 15.0 Å². The number of carbonyl (C=O) groups is 1. The Bertz CT molecular complexity index is 913. The summed E-state index contributed by atoms with van der Waals surface area (Å²) in [6, 6.07) is 0. The maximum Gasteiger partial charge on any atom is 0.404 e. The van der Waals surface area contributed by atoms with Gasteiger partial charge in [0.2, 0.25) is 0 Å². The van der Waals surface area contributed by atoms with E-state index >= 15 is 0 Å². The summed E-state index contributed by atoms with van der Waals surface area (Å²) in [5.41, 5.74) is 2.57. The molecule has 10 atom stereocenters. The van der Waals surface area contributed by atoms with Gasteiger partial charge in [0, 0.05) is 6.54 Å².